The molecule has 0 saturated carbocycles. The quantitative estimate of drug-likeness (QED) is 0.560. The largest absolute Gasteiger partial charge is 0.494 e. The van der Waals surface area contributed by atoms with Gasteiger partial charge in [0.25, 0.3) is 0 Å². The first-order valence-electron chi connectivity index (χ1n) is 6.99. The van der Waals surface area contributed by atoms with Gasteiger partial charge >= 0.3 is 0 Å². The van der Waals surface area contributed by atoms with Gasteiger partial charge in [-0.05, 0) is 18.2 Å². The molecular formula is C16H21FN4O2. The Balaban J connectivity index is 2.05. The van der Waals surface area contributed by atoms with Crippen molar-refractivity contribution in [3.63, 3.8) is 0 Å². The zero-order chi connectivity index (χ0) is 17.0. The van der Waals surface area contributed by atoms with E-state index in [4.69, 9.17) is 20.9 Å². The first-order chi connectivity index (χ1) is 10.9. The van der Waals surface area contributed by atoms with E-state index in [-0.39, 0.29) is 18.2 Å². The van der Waals surface area contributed by atoms with Gasteiger partial charge in [0.1, 0.15) is 17.2 Å². The summed E-state index contributed by atoms with van der Waals surface area (Å²) in [5.41, 5.74) is 13.4. The number of nitrogen functional groups attached to an aromatic ring is 2. The fourth-order valence-electron chi connectivity index (χ4n) is 1.99. The molecule has 0 atom stereocenters. The van der Waals surface area contributed by atoms with Gasteiger partial charge in [-0.2, -0.15) is 0 Å². The molecule has 124 valence electrons. The van der Waals surface area contributed by atoms with Crippen LogP contribution in [0.1, 0.15) is 0 Å². The van der Waals surface area contributed by atoms with Crippen molar-refractivity contribution in [2.75, 3.05) is 49.6 Å². The highest BCUT2D eigenvalue weighted by Crippen LogP contribution is 2.29. The van der Waals surface area contributed by atoms with Crippen molar-refractivity contribution in [3.05, 3.63) is 36.1 Å². The summed E-state index contributed by atoms with van der Waals surface area (Å²) in [6.45, 7) is 0.119. The number of hydrogen-bond donors (Lipinski definition) is 3. The van der Waals surface area contributed by atoms with Crippen LogP contribution >= 0.6 is 0 Å². The van der Waals surface area contributed by atoms with Gasteiger partial charge in [0.15, 0.2) is 12.5 Å². The van der Waals surface area contributed by atoms with Gasteiger partial charge in [0, 0.05) is 37.6 Å². The summed E-state index contributed by atoms with van der Waals surface area (Å²) in [7, 11) is 5.28. The third-order valence-corrected chi connectivity index (χ3v) is 3.33. The Labute approximate surface area is 134 Å². The molecule has 0 heterocycles. The minimum absolute atomic E-state index is 0.0260. The second-order valence-electron chi connectivity index (χ2n) is 5.16. The molecule has 0 amide bonds. The molecule has 2 rings (SSSR count). The monoisotopic (exact) mass is 320 g/mol. The average Bonchev–Trinajstić information content (AvgIpc) is 2.52. The Morgan fingerprint density at radius 3 is 2.52 bits per heavy atom. The third kappa shape index (κ3) is 3.88. The SMILES string of the molecule is COc1cc(NCOc2cc(N(C)C)ccc2N)cc(F)c1N. The molecule has 0 radical (unpaired) electrons. The average molecular weight is 320 g/mol. The van der Waals surface area contributed by atoms with Crippen LogP contribution in [0.4, 0.5) is 27.1 Å². The van der Waals surface area contributed by atoms with Crippen LogP contribution in [0.15, 0.2) is 30.3 Å². The van der Waals surface area contributed by atoms with Crippen LogP contribution in [0.2, 0.25) is 0 Å². The van der Waals surface area contributed by atoms with E-state index in [0.717, 1.165) is 5.69 Å². The van der Waals surface area contributed by atoms with Gasteiger partial charge in [-0.25, -0.2) is 4.39 Å². The lowest BCUT2D eigenvalue weighted by Crippen LogP contribution is -2.12. The second-order valence-corrected chi connectivity index (χ2v) is 5.16. The van der Waals surface area contributed by atoms with Gasteiger partial charge in [-0.15, -0.1) is 0 Å². The number of ether oxygens (including phenoxy) is 2. The Hall–Kier alpha value is -2.83. The van der Waals surface area contributed by atoms with Crippen LogP contribution in [0, 0.1) is 5.82 Å². The third-order valence-electron chi connectivity index (χ3n) is 3.33. The summed E-state index contributed by atoms with van der Waals surface area (Å²) in [4.78, 5) is 1.94. The summed E-state index contributed by atoms with van der Waals surface area (Å²) < 4.78 is 24.3. The summed E-state index contributed by atoms with van der Waals surface area (Å²) in [6, 6.07) is 8.38. The normalized spacial score (nSPS) is 10.3. The lowest BCUT2D eigenvalue weighted by atomic mass is 10.2. The van der Waals surface area contributed by atoms with Gasteiger partial charge in [-0.3, -0.25) is 0 Å². The molecule has 2 aromatic rings. The predicted molar refractivity (Wildman–Crippen MR) is 91.7 cm³/mol. The number of nitrogens with zero attached hydrogens (tertiary/aromatic N) is 1. The van der Waals surface area contributed by atoms with E-state index >= 15 is 0 Å². The van der Waals surface area contributed by atoms with Crippen LogP contribution in [-0.4, -0.2) is 27.9 Å². The Morgan fingerprint density at radius 2 is 1.87 bits per heavy atom. The molecule has 0 unspecified atom stereocenters. The summed E-state index contributed by atoms with van der Waals surface area (Å²) in [5, 5.41) is 2.94. The number of halogens is 1. The standard InChI is InChI=1S/C16H21FN4O2/c1-21(2)11-4-5-13(18)14(8-11)23-9-20-10-6-12(17)16(19)15(7-10)22-3/h4-8,20H,9,18-19H2,1-3H3. The number of nitrogens with one attached hydrogen (secondary N) is 1. The maximum Gasteiger partial charge on any atom is 0.159 e. The molecule has 0 fully saturated rings. The van der Waals surface area contributed by atoms with Crippen LogP contribution in [0.25, 0.3) is 0 Å². The maximum absolute atomic E-state index is 13.7. The highest BCUT2D eigenvalue weighted by Gasteiger charge is 2.09. The molecule has 0 aliphatic rings. The van der Waals surface area contributed by atoms with Crippen molar-refractivity contribution >= 4 is 22.7 Å². The molecule has 2 aromatic carbocycles. The molecule has 0 aliphatic heterocycles. The first-order valence-corrected chi connectivity index (χ1v) is 6.99. The van der Waals surface area contributed by atoms with Crippen molar-refractivity contribution < 1.29 is 13.9 Å². The Bertz CT molecular complexity index is 692. The smallest absolute Gasteiger partial charge is 0.159 e. The zero-order valence-corrected chi connectivity index (χ0v) is 13.4. The minimum Gasteiger partial charge on any atom is -0.494 e. The van der Waals surface area contributed by atoms with E-state index in [0.29, 0.717) is 17.1 Å². The lowest BCUT2D eigenvalue weighted by molar-refractivity contribution is 0.348. The number of anilines is 4. The molecule has 0 aromatic heterocycles. The van der Waals surface area contributed by atoms with Crippen molar-refractivity contribution in [3.8, 4) is 11.5 Å². The fraction of sp³-hybridized carbons (Fsp3) is 0.250. The molecule has 6 nitrogen and oxygen atoms in total. The van der Waals surface area contributed by atoms with Gasteiger partial charge < -0.3 is 31.2 Å². The Morgan fingerprint density at radius 1 is 1.13 bits per heavy atom. The Kier molecular flexibility index (Phi) is 5.00. The molecule has 5 N–H and O–H groups in total. The van der Waals surface area contributed by atoms with E-state index in [1.807, 2.05) is 31.1 Å². The number of hydrogen-bond acceptors (Lipinski definition) is 6. The van der Waals surface area contributed by atoms with Crippen LogP contribution in [0.5, 0.6) is 11.5 Å². The summed E-state index contributed by atoms with van der Waals surface area (Å²) in [6.07, 6.45) is 0. The van der Waals surface area contributed by atoms with Crippen LogP contribution in [0.3, 0.4) is 0 Å². The van der Waals surface area contributed by atoms with E-state index in [1.54, 1.807) is 12.1 Å². The predicted octanol–water partition coefficient (Wildman–Crippen LogP) is 2.51. The summed E-state index contributed by atoms with van der Waals surface area (Å²) >= 11 is 0. The van der Waals surface area contributed by atoms with Crippen molar-refractivity contribution in [1.29, 1.82) is 0 Å². The van der Waals surface area contributed by atoms with Crippen molar-refractivity contribution in [2.24, 2.45) is 0 Å². The lowest BCUT2D eigenvalue weighted by Gasteiger charge is -2.16. The molecule has 23 heavy (non-hydrogen) atoms. The maximum atomic E-state index is 13.7. The highest BCUT2D eigenvalue weighted by molar-refractivity contribution is 5.63. The van der Waals surface area contributed by atoms with Crippen LogP contribution in [-0.2, 0) is 0 Å². The van der Waals surface area contributed by atoms with Crippen molar-refractivity contribution in [1.82, 2.24) is 0 Å². The molecule has 7 heteroatoms. The number of rotatable bonds is 6. The minimum atomic E-state index is -0.555. The number of benzene rings is 2. The van der Waals surface area contributed by atoms with E-state index in [9.17, 15) is 4.39 Å². The van der Waals surface area contributed by atoms with E-state index in [2.05, 4.69) is 5.32 Å². The number of nitrogens with two attached hydrogens (primary N) is 2. The van der Waals surface area contributed by atoms with Gasteiger partial charge in [0.05, 0.1) is 12.8 Å². The number of methoxy groups -OCH3 is 1. The first kappa shape index (κ1) is 16.5. The second kappa shape index (κ2) is 6.95. The highest BCUT2D eigenvalue weighted by atomic mass is 19.1. The molecule has 0 bridgehead atoms. The molecule has 0 saturated heterocycles. The van der Waals surface area contributed by atoms with Crippen molar-refractivity contribution in [2.45, 2.75) is 0 Å². The van der Waals surface area contributed by atoms with Gasteiger partial charge in [-0.1, -0.05) is 0 Å². The molecular weight excluding hydrogens is 299 g/mol. The zero-order valence-electron chi connectivity index (χ0n) is 13.4. The fourth-order valence-corrected chi connectivity index (χ4v) is 1.99. The summed E-state index contributed by atoms with van der Waals surface area (Å²) in [5.74, 6) is 0.258. The molecule has 0 spiro atoms. The van der Waals surface area contributed by atoms with Gasteiger partial charge in [0.2, 0.25) is 0 Å². The molecule has 0 aliphatic carbocycles. The van der Waals surface area contributed by atoms with Crippen LogP contribution < -0.4 is 31.2 Å². The van der Waals surface area contributed by atoms with E-state index < -0.39 is 5.82 Å². The van der Waals surface area contributed by atoms with E-state index in [1.165, 1.54) is 13.2 Å². The topological polar surface area (TPSA) is 85.8 Å².